The Labute approximate surface area is 164 Å². The number of fused-ring (bicyclic) bond motifs is 1. The maximum absolute atomic E-state index is 14.3. The minimum absolute atomic E-state index is 0.0735. The number of nitrogens with zero attached hydrogens (tertiary/aromatic N) is 5. The van der Waals surface area contributed by atoms with Crippen LogP contribution in [0.2, 0.25) is 5.02 Å². The highest BCUT2D eigenvalue weighted by Crippen LogP contribution is 2.36. The van der Waals surface area contributed by atoms with Crippen LogP contribution in [-0.2, 0) is 5.92 Å². The van der Waals surface area contributed by atoms with Crippen LogP contribution < -0.4 is 4.74 Å². The monoisotopic (exact) mass is 439 g/mol. The zero-order valence-electron chi connectivity index (χ0n) is 15.0. The second-order valence-electron chi connectivity index (χ2n) is 6.64. The topological polar surface area (TPSA) is 65.2 Å². The van der Waals surface area contributed by atoms with Gasteiger partial charge in [0.1, 0.15) is 5.69 Å². The number of rotatable bonds is 4. The van der Waals surface area contributed by atoms with Crippen molar-refractivity contribution in [3.63, 3.8) is 0 Å². The van der Waals surface area contributed by atoms with Crippen molar-refractivity contribution >= 4 is 17.2 Å². The molecular weight excluding hydrogens is 428 g/mol. The fourth-order valence-electron chi connectivity index (χ4n) is 2.21. The summed E-state index contributed by atoms with van der Waals surface area (Å²) in [7, 11) is 0. The molecule has 156 valence electrons. The smallest absolute Gasteiger partial charge is 0.427 e. The molecule has 3 aromatic rings. The summed E-state index contributed by atoms with van der Waals surface area (Å²) in [5.41, 5.74) is -3.00. The molecule has 0 spiro atoms. The Morgan fingerprint density at radius 1 is 1.03 bits per heavy atom. The van der Waals surface area contributed by atoms with Crippen LogP contribution in [0, 0.1) is 5.82 Å². The fraction of sp³-hybridized carbons (Fsp3) is 0.375. The molecule has 0 aliphatic rings. The molecule has 6 nitrogen and oxygen atoms in total. The molecule has 0 aliphatic heterocycles. The van der Waals surface area contributed by atoms with Gasteiger partial charge in [0.25, 0.3) is 5.88 Å². The normalized spacial score (nSPS) is 13.2. The van der Waals surface area contributed by atoms with Crippen molar-refractivity contribution in [1.82, 2.24) is 24.8 Å². The predicted octanol–water partition coefficient (Wildman–Crippen LogP) is 4.81. The van der Waals surface area contributed by atoms with Crippen molar-refractivity contribution in [3.05, 3.63) is 35.0 Å². The molecule has 29 heavy (non-hydrogen) atoms. The van der Waals surface area contributed by atoms with Gasteiger partial charge in [0.15, 0.2) is 17.1 Å². The largest absolute Gasteiger partial charge is 0.460 e. The van der Waals surface area contributed by atoms with Crippen LogP contribution in [0.3, 0.4) is 0 Å². The van der Waals surface area contributed by atoms with Gasteiger partial charge in [-0.1, -0.05) is 11.6 Å². The van der Waals surface area contributed by atoms with E-state index in [1.807, 2.05) is 0 Å². The van der Waals surface area contributed by atoms with Crippen LogP contribution in [-0.4, -0.2) is 36.6 Å². The lowest BCUT2D eigenvalue weighted by atomic mass is 10.1. The number of pyridine rings is 1. The number of halogens is 7. The Kier molecular flexibility index (Phi) is 4.88. The SMILES string of the molecule is CC(F)(F)c1nnc2cc(Cl)c(-c3cnc(OC(C)(C)C(F)(F)F)c(F)c3)nn12. The van der Waals surface area contributed by atoms with Gasteiger partial charge in [0.05, 0.1) is 5.02 Å². The van der Waals surface area contributed by atoms with E-state index in [-0.39, 0.29) is 21.9 Å². The standard InChI is InChI=1S/C16H12ClF6N5O/c1-14(2,16(21,22)23)29-12-9(18)4-7(6-24-12)11-8(17)5-10-25-26-13(15(3,19)20)28(10)27-11/h4-6H,1-3H3. The highest BCUT2D eigenvalue weighted by Gasteiger charge is 2.50. The molecule has 0 N–H and O–H groups in total. The van der Waals surface area contributed by atoms with Crippen LogP contribution in [0.5, 0.6) is 5.88 Å². The molecule has 3 rings (SSSR count). The molecule has 0 aliphatic carbocycles. The number of alkyl halides is 5. The van der Waals surface area contributed by atoms with Crippen LogP contribution in [0.4, 0.5) is 26.3 Å². The summed E-state index contributed by atoms with van der Waals surface area (Å²) in [5, 5.41) is 10.7. The highest BCUT2D eigenvalue weighted by atomic mass is 35.5. The summed E-state index contributed by atoms with van der Waals surface area (Å²) in [6.45, 7) is 2.02. The van der Waals surface area contributed by atoms with Crippen LogP contribution in [0.15, 0.2) is 18.3 Å². The van der Waals surface area contributed by atoms with Crippen LogP contribution in [0.1, 0.15) is 26.6 Å². The van der Waals surface area contributed by atoms with E-state index in [1.165, 1.54) is 6.07 Å². The van der Waals surface area contributed by atoms with Gasteiger partial charge in [0.2, 0.25) is 5.82 Å². The summed E-state index contributed by atoms with van der Waals surface area (Å²) in [4.78, 5) is 3.55. The van der Waals surface area contributed by atoms with E-state index in [2.05, 4.69) is 25.0 Å². The van der Waals surface area contributed by atoms with Crippen molar-refractivity contribution in [3.8, 4) is 17.1 Å². The Morgan fingerprint density at radius 2 is 1.69 bits per heavy atom. The molecule has 0 bridgehead atoms. The molecule has 0 saturated carbocycles. The number of aromatic nitrogens is 5. The van der Waals surface area contributed by atoms with Crippen molar-refractivity contribution in [2.24, 2.45) is 0 Å². The second kappa shape index (κ2) is 6.71. The number of hydrogen-bond acceptors (Lipinski definition) is 5. The van der Waals surface area contributed by atoms with Gasteiger partial charge in [-0.15, -0.1) is 10.2 Å². The average molecular weight is 440 g/mol. The van der Waals surface area contributed by atoms with Gasteiger partial charge >= 0.3 is 12.1 Å². The van der Waals surface area contributed by atoms with Crippen LogP contribution in [0.25, 0.3) is 16.9 Å². The van der Waals surface area contributed by atoms with E-state index in [0.717, 1.165) is 16.8 Å². The first-order valence-electron chi connectivity index (χ1n) is 7.92. The van der Waals surface area contributed by atoms with Gasteiger partial charge in [-0.25, -0.2) is 9.37 Å². The van der Waals surface area contributed by atoms with Crippen molar-refractivity contribution in [1.29, 1.82) is 0 Å². The first-order valence-corrected chi connectivity index (χ1v) is 8.30. The highest BCUT2D eigenvalue weighted by molar-refractivity contribution is 6.33. The first kappa shape index (κ1) is 21.1. The molecule has 0 saturated heterocycles. The molecule has 0 amide bonds. The minimum atomic E-state index is -4.77. The number of ether oxygens (including phenoxy) is 1. The van der Waals surface area contributed by atoms with E-state index < -0.39 is 35.2 Å². The van der Waals surface area contributed by atoms with Crippen LogP contribution >= 0.6 is 11.6 Å². The minimum Gasteiger partial charge on any atom is -0.460 e. The van der Waals surface area contributed by atoms with Gasteiger partial charge in [-0.05, 0) is 19.9 Å². The third kappa shape index (κ3) is 3.93. The summed E-state index contributed by atoms with van der Waals surface area (Å²) in [6, 6.07) is 1.96. The quantitative estimate of drug-likeness (QED) is 0.546. The molecule has 0 aromatic carbocycles. The fourth-order valence-corrected chi connectivity index (χ4v) is 2.45. The van der Waals surface area contributed by atoms with Gasteiger partial charge in [-0.3, -0.25) is 0 Å². The van der Waals surface area contributed by atoms with E-state index in [4.69, 9.17) is 11.6 Å². The maximum atomic E-state index is 14.3. The van der Waals surface area contributed by atoms with Gasteiger partial charge in [0, 0.05) is 24.8 Å². The van der Waals surface area contributed by atoms with Crippen molar-refractivity contribution in [2.45, 2.75) is 38.5 Å². The third-order valence-electron chi connectivity index (χ3n) is 3.85. The summed E-state index contributed by atoms with van der Waals surface area (Å²) in [5.74, 6) is -6.26. The molecule has 3 aromatic heterocycles. The predicted molar refractivity (Wildman–Crippen MR) is 89.3 cm³/mol. The Balaban J connectivity index is 2.04. The van der Waals surface area contributed by atoms with E-state index in [9.17, 15) is 26.3 Å². The van der Waals surface area contributed by atoms with E-state index >= 15 is 0 Å². The van der Waals surface area contributed by atoms with Gasteiger partial charge in [-0.2, -0.15) is 31.6 Å². The average Bonchev–Trinajstić information content (AvgIpc) is 2.97. The Bertz CT molecular complexity index is 1080. The first-order chi connectivity index (χ1) is 13.2. The molecule has 3 heterocycles. The molecular formula is C16H12ClF6N5O. The van der Waals surface area contributed by atoms with Crippen molar-refractivity contribution < 1.29 is 31.1 Å². The lowest BCUT2D eigenvalue weighted by molar-refractivity contribution is -0.235. The molecule has 0 atom stereocenters. The lowest BCUT2D eigenvalue weighted by Gasteiger charge is -2.28. The number of hydrogen-bond donors (Lipinski definition) is 0. The molecule has 0 radical (unpaired) electrons. The summed E-state index contributed by atoms with van der Waals surface area (Å²) < 4.78 is 85.8. The van der Waals surface area contributed by atoms with E-state index in [1.54, 1.807) is 0 Å². The second-order valence-corrected chi connectivity index (χ2v) is 7.05. The lowest BCUT2D eigenvalue weighted by Crippen LogP contribution is -2.45. The summed E-state index contributed by atoms with van der Waals surface area (Å²) in [6.07, 6.45) is -3.81. The molecule has 0 fully saturated rings. The van der Waals surface area contributed by atoms with Crippen molar-refractivity contribution in [2.75, 3.05) is 0 Å². The van der Waals surface area contributed by atoms with Gasteiger partial charge < -0.3 is 4.74 Å². The maximum Gasteiger partial charge on any atom is 0.427 e. The zero-order valence-corrected chi connectivity index (χ0v) is 15.8. The Hall–Kier alpha value is -2.63. The summed E-state index contributed by atoms with van der Waals surface area (Å²) >= 11 is 6.06. The Morgan fingerprint density at radius 3 is 2.24 bits per heavy atom. The van der Waals surface area contributed by atoms with E-state index in [0.29, 0.717) is 20.8 Å². The molecule has 13 heteroatoms. The molecule has 0 unspecified atom stereocenters. The third-order valence-corrected chi connectivity index (χ3v) is 4.14. The zero-order chi connectivity index (χ0) is 21.8.